The van der Waals surface area contributed by atoms with Crippen molar-refractivity contribution >= 4 is 16.9 Å². The van der Waals surface area contributed by atoms with Crippen LogP contribution in [0.1, 0.15) is 30.1 Å². The molecule has 0 saturated carbocycles. The molecule has 1 aromatic carbocycles. The molecule has 0 fully saturated rings. The van der Waals surface area contributed by atoms with E-state index in [2.05, 4.69) is 18.1 Å². The number of ether oxygens (including phenoxy) is 1. The van der Waals surface area contributed by atoms with Gasteiger partial charge >= 0.3 is 5.97 Å². The smallest absolute Gasteiger partial charge is 0.341 e. The Bertz CT molecular complexity index is 487. The number of hydrogen-bond acceptors (Lipinski definition) is 2. The maximum Gasteiger partial charge on any atom is 0.341 e. The third-order valence-electron chi connectivity index (χ3n) is 2.45. The molecular formula is C13H14NO2. The zero-order valence-electron chi connectivity index (χ0n) is 9.25. The fraction of sp³-hybridized carbons (Fsp3) is 0.308. The molecule has 0 aliphatic heterocycles. The second kappa shape index (κ2) is 4.84. The van der Waals surface area contributed by atoms with Crippen LogP contribution in [0.25, 0.3) is 10.9 Å². The predicted molar refractivity (Wildman–Crippen MR) is 62.3 cm³/mol. The average Bonchev–Trinajstić information content (AvgIpc) is 2.73. The number of fused-ring (bicyclic) bond motifs is 1. The summed E-state index contributed by atoms with van der Waals surface area (Å²) >= 11 is 0. The first kappa shape index (κ1) is 10.7. The van der Waals surface area contributed by atoms with Gasteiger partial charge in [-0.25, -0.2) is 4.79 Å². The zero-order chi connectivity index (χ0) is 11.4. The summed E-state index contributed by atoms with van der Waals surface area (Å²) in [7, 11) is 0. The Morgan fingerprint density at radius 3 is 3.06 bits per heavy atom. The largest absolute Gasteiger partial charge is 0.462 e. The van der Waals surface area contributed by atoms with Crippen LogP contribution in [0.5, 0.6) is 0 Å². The highest BCUT2D eigenvalue weighted by Gasteiger charge is 2.12. The van der Waals surface area contributed by atoms with E-state index in [1.807, 2.05) is 24.3 Å². The van der Waals surface area contributed by atoms with Gasteiger partial charge in [-0.1, -0.05) is 31.5 Å². The van der Waals surface area contributed by atoms with E-state index in [1.54, 1.807) is 0 Å². The summed E-state index contributed by atoms with van der Waals surface area (Å²) in [5.41, 5.74) is 1.40. The minimum Gasteiger partial charge on any atom is -0.462 e. The van der Waals surface area contributed by atoms with Crippen LogP contribution in [-0.4, -0.2) is 17.6 Å². The van der Waals surface area contributed by atoms with Crippen molar-refractivity contribution in [3.8, 4) is 0 Å². The molecular weight excluding hydrogens is 202 g/mol. The number of hydrogen-bond donors (Lipinski definition) is 1. The number of aromatic amines is 1. The van der Waals surface area contributed by atoms with Crippen molar-refractivity contribution < 1.29 is 9.53 Å². The van der Waals surface area contributed by atoms with Gasteiger partial charge in [-0.2, -0.15) is 0 Å². The van der Waals surface area contributed by atoms with Crippen molar-refractivity contribution in [1.29, 1.82) is 0 Å². The molecule has 0 unspecified atom stereocenters. The highest BCUT2D eigenvalue weighted by atomic mass is 16.5. The van der Waals surface area contributed by atoms with E-state index in [1.165, 1.54) is 0 Å². The van der Waals surface area contributed by atoms with Gasteiger partial charge in [-0.05, 0) is 12.5 Å². The number of benzene rings is 1. The fourth-order valence-corrected chi connectivity index (χ4v) is 1.55. The van der Waals surface area contributed by atoms with Crippen LogP contribution in [0.2, 0.25) is 0 Å². The van der Waals surface area contributed by atoms with Gasteiger partial charge in [0.25, 0.3) is 0 Å². The maximum atomic E-state index is 11.7. The van der Waals surface area contributed by atoms with Crippen LogP contribution in [0.15, 0.2) is 24.3 Å². The van der Waals surface area contributed by atoms with Crippen molar-refractivity contribution in [2.45, 2.75) is 19.8 Å². The Labute approximate surface area is 94.4 Å². The normalized spacial score (nSPS) is 10.6. The average molecular weight is 216 g/mol. The van der Waals surface area contributed by atoms with Crippen LogP contribution in [0.4, 0.5) is 0 Å². The number of rotatable bonds is 4. The molecule has 0 bridgehead atoms. The topological polar surface area (TPSA) is 42.1 Å². The molecule has 0 aliphatic carbocycles. The number of carbonyl (C=O) groups is 1. The third kappa shape index (κ3) is 2.08. The van der Waals surface area contributed by atoms with Crippen molar-refractivity contribution in [3.05, 3.63) is 36.0 Å². The molecule has 2 rings (SSSR count). The number of H-pyrrole nitrogens is 1. The first-order chi connectivity index (χ1) is 7.83. The maximum absolute atomic E-state index is 11.7. The molecule has 0 amide bonds. The molecule has 1 N–H and O–H groups in total. The minimum absolute atomic E-state index is 0.300. The van der Waals surface area contributed by atoms with E-state index >= 15 is 0 Å². The van der Waals surface area contributed by atoms with Crippen LogP contribution in [0.3, 0.4) is 0 Å². The fourth-order valence-electron chi connectivity index (χ4n) is 1.55. The van der Waals surface area contributed by atoms with Gasteiger partial charge in [-0.3, -0.25) is 0 Å². The highest BCUT2D eigenvalue weighted by molar-refractivity contribution is 6.03. The van der Waals surface area contributed by atoms with Crippen molar-refractivity contribution in [3.63, 3.8) is 0 Å². The quantitative estimate of drug-likeness (QED) is 0.630. The van der Waals surface area contributed by atoms with E-state index in [-0.39, 0.29) is 5.97 Å². The van der Waals surface area contributed by atoms with Gasteiger partial charge in [0.2, 0.25) is 0 Å². The second-order valence-corrected chi connectivity index (χ2v) is 3.66. The van der Waals surface area contributed by atoms with Gasteiger partial charge in [0.15, 0.2) is 0 Å². The first-order valence-electron chi connectivity index (χ1n) is 5.48. The lowest BCUT2D eigenvalue weighted by molar-refractivity contribution is 0.0502. The van der Waals surface area contributed by atoms with Crippen molar-refractivity contribution in [2.24, 2.45) is 0 Å². The Morgan fingerprint density at radius 2 is 2.25 bits per heavy atom. The number of para-hydroxylation sites is 1. The van der Waals surface area contributed by atoms with Crippen LogP contribution >= 0.6 is 0 Å². The van der Waals surface area contributed by atoms with Gasteiger partial charge in [0, 0.05) is 10.9 Å². The van der Waals surface area contributed by atoms with Crippen LogP contribution in [0, 0.1) is 6.20 Å². The van der Waals surface area contributed by atoms with Gasteiger partial charge in [0.1, 0.15) is 0 Å². The number of aromatic nitrogens is 1. The number of unbranched alkanes of at least 4 members (excludes halogenated alkanes) is 1. The summed E-state index contributed by atoms with van der Waals surface area (Å²) in [5, 5.41) is 0.865. The Kier molecular flexibility index (Phi) is 3.25. The van der Waals surface area contributed by atoms with Crippen LogP contribution in [-0.2, 0) is 4.74 Å². The van der Waals surface area contributed by atoms with E-state index in [9.17, 15) is 4.79 Å². The molecule has 16 heavy (non-hydrogen) atoms. The molecule has 3 nitrogen and oxygen atoms in total. The lowest BCUT2D eigenvalue weighted by Gasteiger charge is -2.01. The SMILES string of the molecule is CCCCOC(=O)c1[c][nH]c2ccccc12. The second-order valence-electron chi connectivity index (χ2n) is 3.66. The summed E-state index contributed by atoms with van der Waals surface area (Å²) in [6, 6.07) is 7.61. The highest BCUT2D eigenvalue weighted by Crippen LogP contribution is 2.17. The zero-order valence-corrected chi connectivity index (χ0v) is 9.25. The standard InChI is InChI=1S/C13H14NO2/c1-2-3-8-16-13(15)11-9-14-12-7-5-4-6-10(11)12/h4-7,14H,2-3,8H2,1H3. The summed E-state index contributed by atoms with van der Waals surface area (Å²) in [6.45, 7) is 2.54. The first-order valence-corrected chi connectivity index (χ1v) is 5.48. The molecule has 83 valence electrons. The van der Waals surface area contributed by atoms with E-state index in [0.717, 1.165) is 23.7 Å². The Balaban J connectivity index is 2.17. The molecule has 0 saturated heterocycles. The minimum atomic E-state index is -0.300. The summed E-state index contributed by atoms with van der Waals surface area (Å²) < 4.78 is 5.14. The molecule has 1 heterocycles. The molecule has 1 aromatic heterocycles. The number of carbonyl (C=O) groups excluding carboxylic acids is 1. The lowest BCUT2D eigenvalue weighted by Crippen LogP contribution is -2.05. The van der Waals surface area contributed by atoms with E-state index < -0.39 is 0 Å². The molecule has 3 heteroatoms. The van der Waals surface area contributed by atoms with Crippen molar-refractivity contribution in [2.75, 3.05) is 6.61 Å². The summed E-state index contributed by atoms with van der Waals surface area (Å²) in [5.74, 6) is -0.300. The lowest BCUT2D eigenvalue weighted by atomic mass is 10.2. The predicted octanol–water partition coefficient (Wildman–Crippen LogP) is 2.92. The Morgan fingerprint density at radius 1 is 1.44 bits per heavy atom. The molecule has 1 radical (unpaired) electrons. The monoisotopic (exact) mass is 216 g/mol. The molecule has 0 atom stereocenters. The molecule has 2 aromatic rings. The van der Waals surface area contributed by atoms with Gasteiger partial charge in [-0.15, -0.1) is 0 Å². The van der Waals surface area contributed by atoms with Crippen molar-refractivity contribution in [1.82, 2.24) is 4.98 Å². The van der Waals surface area contributed by atoms with Crippen LogP contribution < -0.4 is 0 Å². The van der Waals surface area contributed by atoms with E-state index in [4.69, 9.17) is 4.74 Å². The van der Waals surface area contributed by atoms with Gasteiger partial charge < -0.3 is 9.72 Å². The number of esters is 1. The molecule has 0 aliphatic rings. The Hall–Kier alpha value is -1.77. The van der Waals surface area contributed by atoms with Gasteiger partial charge in [0.05, 0.1) is 18.4 Å². The van der Waals surface area contributed by atoms with E-state index in [0.29, 0.717) is 12.2 Å². The number of nitrogens with one attached hydrogen (secondary N) is 1. The molecule has 0 spiro atoms. The summed E-state index contributed by atoms with van der Waals surface area (Å²) in [4.78, 5) is 14.7. The summed E-state index contributed by atoms with van der Waals surface area (Å²) in [6.07, 6.45) is 4.76. The third-order valence-corrected chi connectivity index (χ3v) is 2.45.